The van der Waals surface area contributed by atoms with Gasteiger partial charge in [0, 0.05) is 19.0 Å². The predicted octanol–water partition coefficient (Wildman–Crippen LogP) is 2.30. The van der Waals surface area contributed by atoms with Crippen molar-refractivity contribution in [2.75, 3.05) is 6.54 Å². The minimum absolute atomic E-state index is 0.171. The van der Waals surface area contributed by atoms with E-state index in [4.69, 9.17) is 5.73 Å². The largest absolute Gasteiger partial charge is 0.356 e. The lowest BCUT2D eigenvalue weighted by molar-refractivity contribution is -0.121. The van der Waals surface area contributed by atoms with Crippen LogP contribution in [-0.2, 0) is 4.79 Å². The number of hydrogen-bond acceptors (Lipinski definition) is 2. The van der Waals surface area contributed by atoms with Crippen LogP contribution < -0.4 is 11.1 Å². The van der Waals surface area contributed by atoms with Crippen LogP contribution in [0.2, 0.25) is 0 Å². The molecule has 1 atom stereocenters. The van der Waals surface area contributed by atoms with Crippen LogP contribution >= 0.6 is 0 Å². The van der Waals surface area contributed by atoms with Gasteiger partial charge in [-0.2, -0.15) is 0 Å². The van der Waals surface area contributed by atoms with Gasteiger partial charge < -0.3 is 11.1 Å². The smallest absolute Gasteiger partial charge is 0.220 e. The Labute approximate surface area is 106 Å². The van der Waals surface area contributed by atoms with Crippen LogP contribution in [0.4, 0.5) is 0 Å². The molecule has 17 heavy (non-hydrogen) atoms. The van der Waals surface area contributed by atoms with Crippen molar-refractivity contribution >= 4 is 5.91 Å². The maximum atomic E-state index is 11.6. The highest BCUT2D eigenvalue weighted by Crippen LogP contribution is 2.67. The Bertz CT molecular complexity index is 268. The van der Waals surface area contributed by atoms with E-state index in [1.807, 2.05) is 6.92 Å². The minimum atomic E-state index is 0.171. The third kappa shape index (κ3) is 3.21. The highest BCUT2D eigenvalue weighted by molar-refractivity contribution is 5.75. The first-order chi connectivity index (χ1) is 7.69. The summed E-state index contributed by atoms with van der Waals surface area (Å²) in [6.07, 6.45) is 2.42. The summed E-state index contributed by atoms with van der Waals surface area (Å²) in [5.41, 5.74) is 6.36. The molecule has 0 aromatic carbocycles. The second-order valence-electron chi connectivity index (χ2n) is 6.67. The Morgan fingerprint density at radius 2 is 1.82 bits per heavy atom. The lowest BCUT2D eigenvalue weighted by atomic mass is 10.0. The number of amides is 1. The zero-order chi connectivity index (χ0) is 13.3. The van der Waals surface area contributed by atoms with Crippen LogP contribution in [0.3, 0.4) is 0 Å². The molecule has 3 nitrogen and oxygen atoms in total. The zero-order valence-corrected chi connectivity index (χ0v) is 12.0. The molecular formula is C14H28N2O. The van der Waals surface area contributed by atoms with E-state index in [-0.39, 0.29) is 11.9 Å². The molecule has 0 spiro atoms. The van der Waals surface area contributed by atoms with Gasteiger partial charge in [-0.3, -0.25) is 4.79 Å². The molecular weight excluding hydrogens is 212 g/mol. The van der Waals surface area contributed by atoms with E-state index < -0.39 is 0 Å². The number of rotatable bonds is 6. The average Bonchev–Trinajstić information content (AvgIpc) is 2.54. The number of nitrogens with one attached hydrogen (secondary N) is 1. The third-order valence-electron chi connectivity index (χ3n) is 4.89. The molecule has 0 aromatic heterocycles. The molecule has 3 N–H and O–H groups in total. The Morgan fingerprint density at radius 1 is 1.29 bits per heavy atom. The molecule has 1 rings (SSSR count). The average molecular weight is 240 g/mol. The van der Waals surface area contributed by atoms with Crippen molar-refractivity contribution in [3.8, 4) is 0 Å². The molecule has 1 unspecified atom stereocenters. The highest BCUT2D eigenvalue weighted by Gasteiger charge is 2.64. The second kappa shape index (κ2) is 4.97. The zero-order valence-electron chi connectivity index (χ0n) is 12.0. The summed E-state index contributed by atoms with van der Waals surface area (Å²) >= 11 is 0. The van der Waals surface area contributed by atoms with Gasteiger partial charge >= 0.3 is 0 Å². The topological polar surface area (TPSA) is 55.1 Å². The standard InChI is InChI=1S/C14H28N2O/c1-10(15)7-6-8-12(17)16-9-11-13(2,3)14(11,4)5/h10-11H,6-9,15H2,1-5H3,(H,16,17). The number of carbonyl (C=O) groups is 1. The van der Waals surface area contributed by atoms with Crippen molar-refractivity contribution in [3.63, 3.8) is 0 Å². The van der Waals surface area contributed by atoms with Crippen molar-refractivity contribution < 1.29 is 4.79 Å². The van der Waals surface area contributed by atoms with Gasteiger partial charge in [0.1, 0.15) is 0 Å². The van der Waals surface area contributed by atoms with E-state index in [9.17, 15) is 4.79 Å². The van der Waals surface area contributed by atoms with Crippen LogP contribution in [0.25, 0.3) is 0 Å². The lowest BCUT2D eigenvalue weighted by Crippen LogP contribution is -2.27. The molecule has 3 heteroatoms. The van der Waals surface area contributed by atoms with Gasteiger partial charge in [-0.1, -0.05) is 27.7 Å². The van der Waals surface area contributed by atoms with Gasteiger partial charge in [0.2, 0.25) is 5.91 Å². The SMILES string of the molecule is CC(N)CCCC(=O)NCC1C(C)(C)C1(C)C. The molecule has 0 radical (unpaired) electrons. The Hall–Kier alpha value is -0.570. The summed E-state index contributed by atoms with van der Waals surface area (Å²) in [7, 11) is 0. The summed E-state index contributed by atoms with van der Waals surface area (Å²) in [6.45, 7) is 11.9. The molecule has 0 heterocycles. The number of nitrogens with two attached hydrogens (primary N) is 1. The van der Waals surface area contributed by atoms with E-state index >= 15 is 0 Å². The molecule has 0 aromatic rings. The van der Waals surface area contributed by atoms with Gasteiger partial charge in [0.25, 0.3) is 0 Å². The molecule has 0 saturated heterocycles. The summed E-state index contributed by atoms with van der Waals surface area (Å²) in [6, 6.07) is 0.198. The van der Waals surface area contributed by atoms with E-state index in [1.165, 1.54) is 0 Å². The highest BCUT2D eigenvalue weighted by atomic mass is 16.1. The monoisotopic (exact) mass is 240 g/mol. The molecule has 1 saturated carbocycles. The van der Waals surface area contributed by atoms with Crippen molar-refractivity contribution in [1.29, 1.82) is 0 Å². The van der Waals surface area contributed by atoms with Gasteiger partial charge in [0.05, 0.1) is 0 Å². The predicted molar refractivity (Wildman–Crippen MR) is 71.6 cm³/mol. The lowest BCUT2D eigenvalue weighted by Gasteiger charge is -2.07. The quantitative estimate of drug-likeness (QED) is 0.748. The molecule has 1 aliphatic carbocycles. The molecule has 100 valence electrons. The fraction of sp³-hybridized carbons (Fsp3) is 0.929. The Morgan fingerprint density at radius 3 is 2.24 bits per heavy atom. The van der Waals surface area contributed by atoms with Gasteiger partial charge in [-0.15, -0.1) is 0 Å². The van der Waals surface area contributed by atoms with Crippen LogP contribution in [0.15, 0.2) is 0 Å². The Balaban J connectivity index is 2.18. The fourth-order valence-electron chi connectivity index (χ4n) is 2.73. The molecule has 0 bridgehead atoms. The van der Waals surface area contributed by atoms with Crippen molar-refractivity contribution in [3.05, 3.63) is 0 Å². The van der Waals surface area contributed by atoms with Crippen LogP contribution in [-0.4, -0.2) is 18.5 Å². The van der Waals surface area contributed by atoms with E-state index in [1.54, 1.807) is 0 Å². The van der Waals surface area contributed by atoms with E-state index in [0.29, 0.717) is 23.2 Å². The normalized spacial score (nSPS) is 23.2. The maximum absolute atomic E-state index is 11.6. The first-order valence-corrected chi connectivity index (χ1v) is 6.72. The summed E-state index contributed by atoms with van der Waals surface area (Å²) in [5, 5.41) is 3.05. The Kier molecular flexibility index (Phi) is 4.23. The summed E-state index contributed by atoms with van der Waals surface area (Å²) in [5.74, 6) is 0.775. The summed E-state index contributed by atoms with van der Waals surface area (Å²) in [4.78, 5) is 11.6. The van der Waals surface area contributed by atoms with Crippen molar-refractivity contribution in [1.82, 2.24) is 5.32 Å². The fourth-order valence-corrected chi connectivity index (χ4v) is 2.73. The van der Waals surface area contributed by atoms with Crippen LogP contribution in [0.1, 0.15) is 53.9 Å². The minimum Gasteiger partial charge on any atom is -0.356 e. The molecule has 1 aliphatic rings. The number of hydrogen-bond donors (Lipinski definition) is 2. The van der Waals surface area contributed by atoms with Gasteiger partial charge in [-0.25, -0.2) is 0 Å². The van der Waals surface area contributed by atoms with E-state index in [2.05, 4.69) is 33.0 Å². The van der Waals surface area contributed by atoms with Crippen molar-refractivity contribution in [2.24, 2.45) is 22.5 Å². The molecule has 1 fully saturated rings. The first kappa shape index (κ1) is 14.5. The molecule has 1 amide bonds. The molecule has 0 aliphatic heterocycles. The van der Waals surface area contributed by atoms with Crippen LogP contribution in [0, 0.1) is 16.7 Å². The maximum Gasteiger partial charge on any atom is 0.220 e. The first-order valence-electron chi connectivity index (χ1n) is 6.72. The third-order valence-corrected chi connectivity index (χ3v) is 4.89. The van der Waals surface area contributed by atoms with E-state index in [0.717, 1.165) is 19.4 Å². The number of carbonyl (C=O) groups excluding carboxylic acids is 1. The van der Waals surface area contributed by atoms with Crippen LogP contribution in [0.5, 0.6) is 0 Å². The second-order valence-corrected chi connectivity index (χ2v) is 6.67. The van der Waals surface area contributed by atoms with Gasteiger partial charge in [-0.05, 0) is 36.5 Å². The van der Waals surface area contributed by atoms with Gasteiger partial charge in [0.15, 0.2) is 0 Å². The summed E-state index contributed by atoms with van der Waals surface area (Å²) < 4.78 is 0. The van der Waals surface area contributed by atoms with Crippen molar-refractivity contribution in [2.45, 2.75) is 59.9 Å².